The quantitative estimate of drug-likeness (QED) is 0.534. The number of nitrogens with zero attached hydrogens (tertiary/aromatic N) is 4. The predicted octanol–water partition coefficient (Wildman–Crippen LogP) is 3.11. The molecule has 0 aliphatic heterocycles. The SMILES string of the molecule is C=CCn1cnn(CN(Cc2ccc(C(=O)NC3CC3)cc2)C2CC2)c1=S. The summed E-state index contributed by atoms with van der Waals surface area (Å²) in [6, 6.07) is 8.90. The summed E-state index contributed by atoms with van der Waals surface area (Å²) in [5, 5.41) is 7.46. The standard InChI is InChI=1S/C20H25N5OS/c1-2-11-23-13-21-25(20(23)27)14-24(18-9-10-18)12-15-3-5-16(6-4-15)19(26)22-17-7-8-17/h2-6,13,17-18H,1,7-12,14H2,(H,22,26). The van der Waals surface area contributed by atoms with Gasteiger partial charge in [0.1, 0.15) is 6.33 Å². The normalized spacial score (nSPS) is 16.5. The summed E-state index contributed by atoms with van der Waals surface area (Å²) in [6.45, 7) is 5.93. The number of rotatable bonds is 9. The minimum absolute atomic E-state index is 0.0298. The van der Waals surface area contributed by atoms with Crippen LogP contribution >= 0.6 is 12.2 Å². The molecule has 1 N–H and O–H groups in total. The third kappa shape index (κ3) is 4.54. The number of amides is 1. The van der Waals surface area contributed by atoms with E-state index < -0.39 is 0 Å². The molecule has 2 saturated carbocycles. The largest absolute Gasteiger partial charge is 0.349 e. The van der Waals surface area contributed by atoms with E-state index in [9.17, 15) is 4.79 Å². The Balaban J connectivity index is 1.41. The van der Waals surface area contributed by atoms with Crippen LogP contribution in [-0.4, -0.2) is 37.2 Å². The first kappa shape index (κ1) is 18.1. The molecule has 7 heteroatoms. The van der Waals surface area contributed by atoms with Crippen molar-refractivity contribution in [2.24, 2.45) is 0 Å². The number of hydrogen-bond acceptors (Lipinski definition) is 4. The molecule has 1 amide bonds. The highest BCUT2D eigenvalue weighted by Crippen LogP contribution is 2.29. The molecule has 4 rings (SSSR count). The van der Waals surface area contributed by atoms with Gasteiger partial charge in [0.15, 0.2) is 4.77 Å². The average molecular weight is 384 g/mol. The van der Waals surface area contributed by atoms with Gasteiger partial charge in [-0.1, -0.05) is 18.2 Å². The van der Waals surface area contributed by atoms with Gasteiger partial charge in [-0.2, -0.15) is 5.10 Å². The van der Waals surface area contributed by atoms with E-state index >= 15 is 0 Å². The second-order valence-electron chi connectivity index (χ2n) is 7.42. The van der Waals surface area contributed by atoms with Gasteiger partial charge in [0, 0.05) is 30.7 Å². The third-order valence-corrected chi connectivity index (χ3v) is 5.46. The van der Waals surface area contributed by atoms with E-state index in [1.54, 1.807) is 6.33 Å². The summed E-state index contributed by atoms with van der Waals surface area (Å²) in [6.07, 6.45) is 8.21. The van der Waals surface area contributed by atoms with Gasteiger partial charge < -0.3 is 9.88 Å². The molecule has 2 aromatic rings. The fourth-order valence-corrected chi connectivity index (χ4v) is 3.36. The predicted molar refractivity (Wildman–Crippen MR) is 107 cm³/mol. The Morgan fingerprint density at radius 3 is 2.67 bits per heavy atom. The highest BCUT2D eigenvalue weighted by atomic mass is 32.1. The molecule has 0 unspecified atom stereocenters. The lowest BCUT2D eigenvalue weighted by Crippen LogP contribution is -2.29. The van der Waals surface area contributed by atoms with Gasteiger partial charge in [-0.15, -0.1) is 6.58 Å². The van der Waals surface area contributed by atoms with Crippen molar-refractivity contribution in [1.29, 1.82) is 0 Å². The lowest BCUT2D eigenvalue weighted by atomic mass is 10.1. The fourth-order valence-electron chi connectivity index (χ4n) is 3.13. The van der Waals surface area contributed by atoms with Crippen LogP contribution in [-0.2, 0) is 19.8 Å². The molecular weight excluding hydrogens is 358 g/mol. The van der Waals surface area contributed by atoms with Crippen LogP contribution in [0, 0.1) is 4.77 Å². The number of aromatic nitrogens is 3. The maximum Gasteiger partial charge on any atom is 0.251 e. The topological polar surface area (TPSA) is 55.1 Å². The molecule has 0 bridgehead atoms. The van der Waals surface area contributed by atoms with E-state index in [0.717, 1.165) is 24.9 Å². The Kier molecular flexibility index (Phi) is 5.22. The lowest BCUT2D eigenvalue weighted by Gasteiger charge is -2.22. The summed E-state index contributed by atoms with van der Waals surface area (Å²) in [5.41, 5.74) is 1.93. The molecule has 0 spiro atoms. The second kappa shape index (κ2) is 7.78. The summed E-state index contributed by atoms with van der Waals surface area (Å²) in [7, 11) is 0. The molecule has 2 fully saturated rings. The average Bonchev–Trinajstić information content (AvgIpc) is 3.58. The molecule has 1 aromatic heterocycles. The van der Waals surface area contributed by atoms with Crippen LogP contribution in [0.5, 0.6) is 0 Å². The fraction of sp³-hybridized carbons (Fsp3) is 0.450. The maximum absolute atomic E-state index is 12.1. The van der Waals surface area contributed by atoms with Gasteiger partial charge in [0.2, 0.25) is 0 Å². The monoisotopic (exact) mass is 383 g/mol. The Hall–Kier alpha value is -2.25. The van der Waals surface area contributed by atoms with Crippen molar-refractivity contribution in [3.63, 3.8) is 0 Å². The molecular formula is C20H25N5OS. The van der Waals surface area contributed by atoms with E-state index in [0.29, 0.717) is 30.1 Å². The Bertz CT molecular complexity index is 877. The number of benzene rings is 1. The van der Waals surface area contributed by atoms with E-state index in [1.165, 1.54) is 18.4 Å². The van der Waals surface area contributed by atoms with Crippen LogP contribution in [0.25, 0.3) is 0 Å². The molecule has 2 aliphatic carbocycles. The first-order chi connectivity index (χ1) is 13.1. The van der Waals surface area contributed by atoms with Crippen molar-refractivity contribution in [1.82, 2.24) is 24.6 Å². The van der Waals surface area contributed by atoms with Crippen molar-refractivity contribution in [3.05, 3.63) is 59.1 Å². The molecule has 0 saturated heterocycles. The summed E-state index contributed by atoms with van der Waals surface area (Å²) < 4.78 is 4.50. The molecule has 142 valence electrons. The van der Waals surface area contributed by atoms with Gasteiger partial charge in [-0.05, 0) is 55.6 Å². The summed E-state index contributed by atoms with van der Waals surface area (Å²) >= 11 is 5.51. The number of allylic oxidation sites excluding steroid dienone is 1. The van der Waals surface area contributed by atoms with Gasteiger partial charge in [0.05, 0.1) is 6.67 Å². The minimum atomic E-state index is 0.0298. The zero-order chi connectivity index (χ0) is 18.8. The molecule has 27 heavy (non-hydrogen) atoms. The van der Waals surface area contributed by atoms with Crippen LogP contribution in [0.3, 0.4) is 0 Å². The Morgan fingerprint density at radius 2 is 2.04 bits per heavy atom. The first-order valence-electron chi connectivity index (χ1n) is 9.51. The Labute approximate surface area is 164 Å². The van der Waals surface area contributed by atoms with Crippen molar-refractivity contribution < 1.29 is 4.79 Å². The zero-order valence-electron chi connectivity index (χ0n) is 15.4. The van der Waals surface area contributed by atoms with E-state index in [1.807, 2.05) is 39.6 Å². The van der Waals surface area contributed by atoms with Crippen LogP contribution in [0.15, 0.2) is 43.2 Å². The number of hydrogen-bond donors (Lipinski definition) is 1. The van der Waals surface area contributed by atoms with Gasteiger partial charge in [0.25, 0.3) is 5.91 Å². The maximum atomic E-state index is 12.1. The highest BCUT2D eigenvalue weighted by molar-refractivity contribution is 7.71. The van der Waals surface area contributed by atoms with E-state index in [-0.39, 0.29) is 5.91 Å². The third-order valence-electron chi connectivity index (χ3n) is 5.02. The van der Waals surface area contributed by atoms with Crippen LogP contribution in [0.4, 0.5) is 0 Å². The first-order valence-corrected chi connectivity index (χ1v) is 9.92. The van der Waals surface area contributed by atoms with E-state index in [2.05, 4.69) is 21.9 Å². The molecule has 0 atom stereocenters. The van der Waals surface area contributed by atoms with E-state index in [4.69, 9.17) is 12.2 Å². The van der Waals surface area contributed by atoms with Gasteiger partial charge in [-0.25, -0.2) is 4.68 Å². The summed E-state index contributed by atoms with van der Waals surface area (Å²) in [4.78, 5) is 14.5. The van der Waals surface area contributed by atoms with Gasteiger partial charge >= 0.3 is 0 Å². The number of carbonyl (C=O) groups is 1. The van der Waals surface area contributed by atoms with Crippen LogP contribution in [0.2, 0.25) is 0 Å². The smallest absolute Gasteiger partial charge is 0.251 e. The van der Waals surface area contributed by atoms with Crippen molar-refractivity contribution >= 4 is 18.1 Å². The minimum Gasteiger partial charge on any atom is -0.349 e. The molecule has 1 aromatic carbocycles. The van der Waals surface area contributed by atoms with Crippen LogP contribution < -0.4 is 5.32 Å². The molecule has 2 aliphatic rings. The molecule has 0 radical (unpaired) electrons. The molecule has 6 nitrogen and oxygen atoms in total. The van der Waals surface area contributed by atoms with Crippen molar-refractivity contribution in [3.8, 4) is 0 Å². The Morgan fingerprint density at radius 1 is 1.30 bits per heavy atom. The summed E-state index contributed by atoms with van der Waals surface area (Å²) in [5.74, 6) is 0.0298. The second-order valence-corrected chi connectivity index (χ2v) is 7.78. The van der Waals surface area contributed by atoms with Crippen LogP contribution in [0.1, 0.15) is 41.6 Å². The van der Waals surface area contributed by atoms with Gasteiger partial charge in [-0.3, -0.25) is 9.69 Å². The number of nitrogens with one attached hydrogen (secondary N) is 1. The highest BCUT2D eigenvalue weighted by Gasteiger charge is 2.29. The van der Waals surface area contributed by atoms with Crippen molar-refractivity contribution in [2.75, 3.05) is 0 Å². The number of carbonyl (C=O) groups excluding carboxylic acids is 1. The zero-order valence-corrected chi connectivity index (χ0v) is 16.2. The van der Waals surface area contributed by atoms with Crippen molar-refractivity contribution in [2.45, 2.75) is 57.5 Å². The molecule has 1 heterocycles. The lowest BCUT2D eigenvalue weighted by molar-refractivity contribution is 0.0951.